The minimum absolute atomic E-state index is 0.146. The number of nitrogens with one attached hydrogen (secondary N) is 2. The van der Waals surface area contributed by atoms with Crippen molar-refractivity contribution < 1.29 is 18.7 Å². The van der Waals surface area contributed by atoms with E-state index in [2.05, 4.69) is 15.6 Å². The van der Waals surface area contributed by atoms with Gasteiger partial charge in [-0.2, -0.15) is 0 Å². The number of aromatic nitrogens is 1. The van der Waals surface area contributed by atoms with Crippen molar-refractivity contribution in [3.05, 3.63) is 54.4 Å². The SMILES string of the molecule is Cc1nc2cc(NC(=O)CNC(=O)COc3ccccc3)ccc2o1. The number of hydrogen-bond acceptors (Lipinski definition) is 5. The summed E-state index contributed by atoms with van der Waals surface area (Å²) >= 11 is 0. The summed E-state index contributed by atoms with van der Waals surface area (Å²) in [6.45, 7) is 1.46. The van der Waals surface area contributed by atoms with Crippen LogP contribution in [0, 0.1) is 6.92 Å². The zero-order valence-corrected chi connectivity index (χ0v) is 13.6. The van der Waals surface area contributed by atoms with E-state index in [4.69, 9.17) is 9.15 Å². The number of amides is 2. The molecular weight excluding hydrogens is 322 g/mol. The lowest BCUT2D eigenvalue weighted by molar-refractivity contribution is -0.125. The maximum Gasteiger partial charge on any atom is 0.258 e. The Kier molecular flexibility index (Phi) is 4.94. The molecule has 1 aromatic heterocycles. The number of nitrogens with zero attached hydrogens (tertiary/aromatic N) is 1. The van der Waals surface area contributed by atoms with Crippen molar-refractivity contribution >= 4 is 28.6 Å². The molecule has 7 heteroatoms. The molecule has 3 aromatic rings. The molecule has 3 rings (SSSR count). The van der Waals surface area contributed by atoms with Crippen LogP contribution in [0.5, 0.6) is 5.75 Å². The van der Waals surface area contributed by atoms with E-state index >= 15 is 0 Å². The van der Waals surface area contributed by atoms with Crippen LogP contribution in [0.25, 0.3) is 11.1 Å². The number of ether oxygens (including phenoxy) is 1. The molecule has 0 atom stereocenters. The summed E-state index contributed by atoms with van der Waals surface area (Å²) in [4.78, 5) is 27.8. The number of rotatable bonds is 6. The van der Waals surface area contributed by atoms with E-state index in [0.717, 1.165) is 0 Å². The van der Waals surface area contributed by atoms with Crippen molar-refractivity contribution in [2.24, 2.45) is 0 Å². The molecule has 0 aliphatic carbocycles. The van der Waals surface area contributed by atoms with E-state index in [1.165, 1.54) is 0 Å². The number of aryl methyl sites for hydroxylation is 1. The summed E-state index contributed by atoms with van der Waals surface area (Å²) in [5, 5.41) is 5.20. The predicted octanol–water partition coefficient (Wildman–Crippen LogP) is 2.27. The van der Waals surface area contributed by atoms with Crippen LogP contribution in [0.15, 0.2) is 52.9 Å². The van der Waals surface area contributed by atoms with Crippen molar-refractivity contribution in [2.45, 2.75) is 6.92 Å². The fourth-order valence-electron chi connectivity index (χ4n) is 2.22. The van der Waals surface area contributed by atoms with Crippen LogP contribution in [0.2, 0.25) is 0 Å². The van der Waals surface area contributed by atoms with E-state index in [0.29, 0.717) is 28.4 Å². The molecule has 2 amide bonds. The number of fused-ring (bicyclic) bond motifs is 1. The first-order chi connectivity index (χ1) is 12.1. The van der Waals surface area contributed by atoms with E-state index in [1.54, 1.807) is 37.3 Å². The maximum absolute atomic E-state index is 11.9. The number of carbonyl (C=O) groups excluding carboxylic acids is 2. The number of carbonyl (C=O) groups is 2. The van der Waals surface area contributed by atoms with Gasteiger partial charge in [0.05, 0.1) is 6.54 Å². The molecule has 0 bridgehead atoms. The van der Waals surface area contributed by atoms with Gasteiger partial charge in [-0.1, -0.05) is 18.2 Å². The molecule has 0 saturated carbocycles. The molecule has 7 nitrogen and oxygen atoms in total. The molecule has 128 valence electrons. The lowest BCUT2D eigenvalue weighted by atomic mass is 10.3. The van der Waals surface area contributed by atoms with Crippen molar-refractivity contribution in [3.8, 4) is 5.75 Å². The molecule has 0 spiro atoms. The third kappa shape index (κ3) is 4.57. The zero-order valence-electron chi connectivity index (χ0n) is 13.6. The maximum atomic E-state index is 11.9. The summed E-state index contributed by atoms with van der Waals surface area (Å²) in [6, 6.07) is 14.1. The highest BCUT2D eigenvalue weighted by atomic mass is 16.5. The molecular formula is C18H17N3O4. The Morgan fingerprint density at radius 3 is 2.72 bits per heavy atom. The molecule has 0 saturated heterocycles. The fraction of sp³-hybridized carbons (Fsp3) is 0.167. The van der Waals surface area contributed by atoms with Gasteiger partial charge in [0.25, 0.3) is 5.91 Å². The van der Waals surface area contributed by atoms with Crippen LogP contribution in [0.4, 0.5) is 5.69 Å². The van der Waals surface area contributed by atoms with E-state index < -0.39 is 0 Å². The summed E-state index contributed by atoms with van der Waals surface area (Å²) < 4.78 is 10.7. The van der Waals surface area contributed by atoms with Crippen LogP contribution in [0.1, 0.15) is 5.89 Å². The molecule has 1 heterocycles. The monoisotopic (exact) mass is 339 g/mol. The lowest BCUT2D eigenvalue weighted by Gasteiger charge is -2.08. The number of hydrogen-bond donors (Lipinski definition) is 2. The molecule has 0 unspecified atom stereocenters. The normalized spacial score (nSPS) is 10.4. The molecule has 0 radical (unpaired) electrons. The van der Waals surface area contributed by atoms with Crippen molar-refractivity contribution in [1.29, 1.82) is 0 Å². The van der Waals surface area contributed by atoms with Gasteiger partial charge in [0.15, 0.2) is 18.1 Å². The highest BCUT2D eigenvalue weighted by molar-refractivity contribution is 5.96. The summed E-state index contributed by atoms with van der Waals surface area (Å²) in [7, 11) is 0. The molecule has 0 fully saturated rings. The summed E-state index contributed by atoms with van der Waals surface area (Å²) in [6.07, 6.45) is 0. The predicted molar refractivity (Wildman–Crippen MR) is 92.3 cm³/mol. The molecule has 2 aromatic carbocycles. The number of oxazole rings is 1. The Bertz CT molecular complexity index is 890. The number of para-hydroxylation sites is 1. The van der Waals surface area contributed by atoms with Crippen LogP contribution >= 0.6 is 0 Å². The van der Waals surface area contributed by atoms with Crippen LogP contribution in [0.3, 0.4) is 0 Å². The second kappa shape index (κ2) is 7.48. The van der Waals surface area contributed by atoms with Crippen molar-refractivity contribution in [2.75, 3.05) is 18.5 Å². The molecule has 25 heavy (non-hydrogen) atoms. The topological polar surface area (TPSA) is 93.5 Å². The highest BCUT2D eigenvalue weighted by Crippen LogP contribution is 2.19. The van der Waals surface area contributed by atoms with Gasteiger partial charge in [-0.3, -0.25) is 9.59 Å². The van der Waals surface area contributed by atoms with Crippen molar-refractivity contribution in [1.82, 2.24) is 10.3 Å². The Hall–Kier alpha value is -3.35. The van der Waals surface area contributed by atoms with E-state index in [-0.39, 0.29) is 25.0 Å². The average molecular weight is 339 g/mol. The zero-order chi connectivity index (χ0) is 17.6. The first-order valence-corrected chi connectivity index (χ1v) is 7.72. The van der Waals surface area contributed by atoms with E-state index in [9.17, 15) is 9.59 Å². The van der Waals surface area contributed by atoms with E-state index in [1.807, 2.05) is 18.2 Å². The smallest absolute Gasteiger partial charge is 0.258 e. The van der Waals surface area contributed by atoms with Crippen LogP contribution in [-0.2, 0) is 9.59 Å². The molecule has 0 aliphatic heterocycles. The quantitative estimate of drug-likeness (QED) is 0.718. The average Bonchev–Trinajstić information content (AvgIpc) is 2.98. The first kappa shape index (κ1) is 16.5. The minimum atomic E-state index is -0.374. The van der Waals surface area contributed by atoms with Gasteiger partial charge in [0, 0.05) is 12.6 Å². The van der Waals surface area contributed by atoms with Gasteiger partial charge in [0.2, 0.25) is 5.91 Å². The summed E-state index contributed by atoms with van der Waals surface area (Å²) in [5.41, 5.74) is 1.90. The number of anilines is 1. The standard InChI is InChI=1S/C18H17N3O4/c1-12-20-15-9-13(7-8-16(15)25-12)21-17(22)10-19-18(23)11-24-14-5-3-2-4-6-14/h2-9H,10-11H2,1H3,(H,19,23)(H,21,22). The summed E-state index contributed by atoms with van der Waals surface area (Å²) in [5.74, 6) is 0.441. The van der Waals surface area contributed by atoms with Crippen LogP contribution < -0.4 is 15.4 Å². The Labute approximate surface area is 144 Å². The van der Waals surface area contributed by atoms with Gasteiger partial charge < -0.3 is 19.8 Å². The number of benzene rings is 2. The van der Waals surface area contributed by atoms with Gasteiger partial charge in [-0.05, 0) is 30.3 Å². The fourth-order valence-corrected chi connectivity index (χ4v) is 2.22. The second-order valence-corrected chi connectivity index (χ2v) is 5.34. The lowest BCUT2D eigenvalue weighted by Crippen LogP contribution is -2.35. The highest BCUT2D eigenvalue weighted by Gasteiger charge is 2.08. The Balaban J connectivity index is 1.46. The van der Waals surface area contributed by atoms with Gasteiger partial charge in [0.1, 0.15) is 11.3 Å². The van der Waals surface area contributed by atoms with Gasteiger partial charge >= 0.3 is 0 Å². The Morgan fingerprint density at radius 1 is 1.12 bits per heavy atom. The molecule has 2 N–H and O–H groups in total. The second-order valence-electron chi connectivity index (χ2n) is 5.34. The molecule has 0 aliphatic rings. The first-order valence-electron chi connectivity index (χ1n) is 7.72. The third-order valence-corrected chi connectivity index (χ3v) is 3.34. The Morgan fingerprint density at radius 2 is 1.92 bits per heavy atom. The van der Waals surface area contributed by atoms with Crippen molar-refractivity contribution in [3.63, 3.8) is 0 Å². The van der Waals surface area contributed by atoms with Gasteiger partial charge in [-0.25, -0.2) is 4.98 Å². The largest absolute Gasteiger partial charge is 0.484 e. The minimum Gasteiger partial charge on any atom is -0.484 e. The van der Waals surface area contributed by atoms with Crippen LogP contribution in [-0.4, -0.2) is 29.9 Å². The third-order valence-electron chi connectivity index (χ3n) is 3.34. The van der Waals surface area contributed by atoms with Gasteiger partial charge in [-0.15, -0.1) is 0 Å².